The van der Waals surface area contributed by atoms with E-state index in [1.54, 1.807) is 21.6 Å². The number of carbonyl (C=O) groups excluding carboxylic acids is 2. The molecule has 0 aliphatic carbocycles. The van der Waals surface area contributed by atoms with Crippen LogP contribution < -0.4 is 5.32 Å². The van der Waals surface area contributed by atoms with Gasteiger partial charge in [-0.2, -0.15) is 0 Å². The normalized spacial score (nSPS) is 19.9. The Hall–Kier alpha value is -2.00. The SMILES string of the molecule is O=C(CCSSCCCNc1ccc2nc(C3=N[C@@H](C(=O)O)CS3)sc2c1)ON1C(=O)CCC1O. The van der Waals surface area contributed by atoms with E-state index >= 15 is 0 Å². The van der Waals surface area contributed by atoms with Gasteiger partial charge in [-0.05, 0) is 24.6 Å². The van der Waals surface area contributed by atoms with Crippen molar-refractivity contribution in [2.24, 2.45) is 4.99 Å². The van der Waals surface area contributed by atoms with E-state index in [-0.39, 0.29) is 25.2 Å². The minimum Gasteiger partial charge on any atom is -0.480 e. The minimum absolute atomic E-state index is 0.172. The zero-order chi connectivity index (χ0) is 24.8. The number of thioether (sulfide) groups is 1. The summed E-state index contributed by atoms with van der Waals surface area (Å²) in [6, 6.07) is 5.27. The largest absolute Gasteiger partial charge is 0.480 e. The van der Waals surface area contributed by atoms with Gasteiger partial charge < -0.3 is 20.4 Å². The third-order valence-electron chi connectivity index (χ3n) is 5.05. The van der Waals surface area contributed by atoms with Crippen LogP contribution >= 0.6 is 44.7 Å². The number of carboxylic acids is 1. The summed E-state index contributed by atoms with van der Waals surface area (Å²) < 4.78 is 1.02. The number of carboxylic acid groups (broad SMARTS) is 1. The van der Waals surface area contributed by atoms with E-state index in [0.29, 0.717) is 16.5 Å². The van der Waals surface area contributed by atoms with Gasteiger partial charge >= 0.3 is 11.9 Å². The Morgan fingerprint density at radius 2 is 2.11 bits per heavy atom. The molecule has 2 aromatic rings. The molecule has 14 heteroatoms. The van der Waals surface area contributed by atoms with Crippen LogP contribution in [0.25, 0.3) is 10.2 Å². The Kier molecular flexibility index (Phi) is 9.16. The van der Waals surface area contributed by atoms with Crippen molar-refractivity contribution >= 4 is 83.5 Å². The Labute approximate surface area is 217 Å². The van der Waals surface area contributed by atoms with Gasteiger partial charge in [-0.25, -0.2) is 14.6 Å². The van der Waals surface area contributed by atoms with E-state index in [0.717, 1.165) is 44.7 Å². The predicted octanol–water partition coefficient (Wildman–Crippen LogP) is 3.22. The van der Waals surface area contributed by atoms with Crippen LogP contribution in [0, 0.1) is 0 Å². The number of carbonyl (C=O) groups is 3. The van der Waals surface area contributed by atoms with Crippen molar-refractivity contribution in [3.63, 3.8) is 0 Å². The number of rotatable bonds is 12. The Bertz CT molecular complexity index is 1130. The second kappa shape index (κ2) is 12.3. The summed E-state index contributed by atoms with van der Waals surface area (Å²) in [5.41, 5.74) is 1.86. The molecule has 0 spiro atoms. The van der Waals surface area contributed by atoms with Crippen molar-refractivity contribution in [1.82, 2.24) is 10.0 Å². The number of aliphatic imine (C=N–C) groups is 1. The number of benzene rings is 1. The molecule has 188 valence electrons. The van der Waals surface area contributed by atoms with Crippen LogP contribution in [0.3, 0.4) is 0 Å². The number of hydroxylamine groups is 2. The minimum atomic E-state index is -1.04. The summed E-state index contributed by atoms with van der Waals surface area (Å²) in [4.78, 5) is 48.2. The van der Waals surface area contributed by atoms with Crippen molar-refractivity contribution in [2.45, 2.75) is 38.0 Å². The first-order valence-corrected chi connectivity index (χ1v) is 15.2. The van der Waals surface area contributed by atoms with Gasteiger partial charge in [0.2, 0.25) is 0 Å². The monoisotopic (exact) mass is 556 g/mol. The third kappa shape index (κ3) is 7.03. The number of amides is 1. The molecule has 3 heterocycles. The number of aliphatic hydroxyl groups excluding tert-OH is 1. The molecule has 1 fully saturated rings. The third-order valence-corrected chi connectivity index (χ3v) is 9.75. The maximum atomic E-state index is 11.8. The molecule has 0 radical (unpaired) electrons. The van der Waals surface area contributed by atoms with Gasteiger partial charge in [0, 0.05) is 42.3 Å². The molecule has 1 amide bonds. The van der Waals surface area contributed by atoms with E-state index in [9.17, 15) is 19.5 Å². The highest BCUT2D eigenvalue weighted by molar-refractivity contribution is 8.76. The molecule has 0 saturated carbocycles. The number of fused-ring (bicyclic) bond motifs is 1. The molecule has 2 atom stereocenters. The van der Waals surface area contributed by atoms with Gasteiger partial charge in [-0.15, -0.1) is 28.2 Å². The molecule has 35 heavy (non-hydrogen) atoms. The first-order chi connectivity index (χ1) is 16.9. The van der Waals surface area contributed by atoms with Gasteiger partial charge in [-0.1, -0.05) is 21.6 Å². The lowest BCUT2D eigenvalue weighted by Gasteiger charge is -2.18. The Balaban J connectivity index is 1.12. The van der Waals surface area contributed by atoms with E-state index in [2.05, 4.69) is 15.3 Å². The fourth-order valence-corrected chi connectivity index (χ4v) is 7.42. The van der Waals surface area contributed by atoms with Gasteiger partial charge in [0.1, 0.15) is 10.1 Å². The Morgan fingerprint density at radius 1 is 1.29 bits per heavy atom. The van der Waals surface area contributed by atoms with E-state index in [1.807, 2.05) is 18.2 Å². The fraction of sp³-hybridized carbons (Fsp3) is 0.476. The maximum absolute atomic E-state index is 11.8. The molecule has 1 unspecified atom stereocenters. The zero-order valence-corrected chi connectivity index (χ0v) is 21.8. The number of anilines is 1. The van der Waals surface area contributed by atoms with Crippen molar-refractivity contribution in [2.75, 3.05) is 29.1 Å². The molecule has 1 aromatic heterocycles. The second-order valence-corrected chi connectivity index (χ2v) is 12.4. The standard InChI is InChI=1S/C21H24N4O6S4/c26-16-4-5-17(27)25(16)31-18(28)6-9-34-33-8-1-7-22-12-2-3-13-15(10-12)35-20(23-13)19-24-14(11-32-19)21(29)30/h2-3,10,14,16,22,26H,1,4-9,11H2,(H,29,30)/t14-,16?/m1/s1. The second-order valence-electron chi connectivity index (χ2n) is 7.68. The number of aliphatic carboxylic acids is 1. The summed E-state index contributed by atoms with van der Waals surface area (Å²) in [7, 11) is 3.24. The van der Waals surface area contributed by atoms with Crippen LogP contribution in [0.15, 0.2) is 23.2 Å². The van der Waals surface area contributed by atoms with Crippen LogP contribution in [0.1, 0.15) is 30.7 Å². The molecule has 1 saturated heterocycles. The number of nitrogens with zero attached hydrogens (tertiary/aromatic N) is 3. The summed E-state index contributed by atoms with van der Waals surface area (Å²) in [6.07, 6.45) is 0.550. The van der Waals surface area contributed by atoms with Gasteiger partial charge in [0.15, 0.2) is 12.3 Å². The highest BCUT2D eigenvalue weighted by Gasteiger charge is 2.32. The summed E-state index contributed by atoms with van der Waals surface area (Å²) >= 11 is 2.94. The molecule has 1 aromatic carbocycles. The highest BCUT2D eigenvalue weighted by atomic mass is 33.1. The number of nitrogens with one attached hydrogen (secondary N) is 1. The number of thiazole rings is 1. The van der Waals surface area contributed by atoms with Gasteiger partial charge in [0.05, 0.1) is 16.6 Å². The molecular weight excluding hydrogens is 533 g/mol. The number of hydrogen-bond acceptors (Lipinski definition) is 12. The van der Waals surface area contributed by atoms with Crippen molar-refractivity contribution in [1.29, 1.82) is 0 Å². The van der Waals surface area contributed by atoms with E-state index in [1.165, 1.54) is 23.1 Å². The first kappa shape index (κ1) is 26.1. The van der Waals surface area contributed by atoms with E-state index < -0.39 is 24.2 Å². The van der Waals surface area contributed by atoms with Gasteiger partial charge in [0.25, 0.3) is 5.91 Å². The molecule has 2 aliphatic heterocycles. The molecule has 10 nitrogen and oxygen atoms in total. The van der Waals surface area contributed by atoms with Crippen LogP contribution in [-0.2, 0) is 19.2 Å². The summed E-state index contributed by atoms with van der Waals surface area (Å²) in [6.45, 7) is 0.796. The average Bonchev–Trinajstić information content (AvgIpc) is 3.55. The lowest BCUT2D eigenvalue weighted by Crippen LogP contribution is -2.35. The van der Waals surface area contributed by atoms with Crippen LogP contribution in [0.5, 0.6) is 0 Å². The topological polar surface area (TPSA) is 141 Å². The molecule has 3 N–H and O–H groups in total. The smallest absolute Gasteiger partial charge is 0.333 e. The van der Waals surface area contributed by atoms with Crippen LogP contribution in [0.2, 0.25) is 0 Å². The molecule has 0 bridgehead atoms. The molecule has 4 rings (SSSR count). The maximum Gasteiger partial charge on any atom is 0.333 e. The van der Waals surface area contributed by atoms with Crippen molar-refractivity contribution < 1.29 is 29.4 Å². The molecular formula is C21H24N4O6S4. The number of hydrogen-bond donors (Lipinski definition) is 3. The van der Waals surface area contributed by atoms with Crippen LogP contribution in [-0.4, -0.2) is 79.2 Å². The Morgan fingerprint density at radius 3 is 2.86 bits per heavy atom. The lowest BCUT2D eigenvalue weighted by atomic mass is 10.3. The highest BCUT2D eigenvalue weighted by Crippen LogP contribution is 2.31. The quantitative estimate of drug-likeness (QED) is 0.262. The average molecular weight is 557 g/mol. The van der Waals surface area contributed by atoms with Crippen molar-refractivity contribution in [3.05, 3.63) is 23.2 Å². The summed E-state index contributed by atoms with van der Waals surface area (Å²) in [5, 5.41) is 24.3. The summed E-state index contributed by atoms with van der Waals surface area (Å²) in [5.74, 6) is 0.121. The fourth-order valence-electron chi connectivity index (χ4n) is 3.26. The molecule has 2 aliphatic rings. The van der Waals surface area contributed by atoms with Crippen LogP contribution in [0.4, 0.5) is 5.69 Å². The van der Waals surface area contributed by atoms with Gasteiger partial charge in [-0.3, -0.25) is 9.79 Å². The number of aromatic nitrogens is 1. The van der Waals surface area contributed by atoms with E-state index in [4.69, 9.17) is 9.94 Å². The first-order valence-electron chi connectivity index (χ1n) is 10.9. The number of aliphatic hydroxyl groups is 1. The van der Waals surface area contributed by atoms with Crippen molar-refractivity contribution in [3.8, 4) is 0 Å². The lowest BCUT2D eigenvalue weighted by molar-refractivity contribution is -0.220. The zero-order valence-electron chi connectivity index (χ0n) is 18.5. The predicted molar refractivity (Wildman–Crippen MR) is 141 cm³/mol.